The van der Waals surface area contributed by atoms with Gasteiger partial charge in [-0.05, 0) is 17.7 Å². The van der Waals surface area contributed by atoms with Crippen molar-refractivity contribution in [3.05, 3.63) is 34.3 Å². The highest BCUT2D eigenvalue weighted by Crippen LogP contribution is 2.29. The van der Waals surface area contributed by atoms with Crippen LogP contribution in [0.3, 0.4) is 0 Å². The van der Waals surface area contributed by atoms with Crippen molar-refractivity contribution < 1.29 is 8.42 Å². The first kappa shape index (κ1) is 11.1. The fraction of sp³-hybridized carbons (Fsp3) is 0.400. The van der Waals surface area contributed by atoms with Gasteiger partial charge in [0, 0.05) is 16.4 Å². The monoisotopic (exact) mass is 289 g/mol. The van der Waals surface area contributed by atoms with Gasteiger partial charge in [0.15, 0.2) is 9.84 Å². The van der Waals surface area contributed by atoms with Gasteiger partial charge in [-0.2, -0.15) is 0 Å². The van der Waals surface area contributed by atoms with Crippen LogP contribution in [0.4, 0.5) is 0 Å². The first-order valence-corrected chi connectivity index (χ1v) is 7.31. The van der Waals surface area contributed by atoms with Crippen LogP contribution in [0.2, 0.25) is 0 Å². The summed E-state index contributed by atoms with van der Waals surface area (Å²) in [6.45, 7) is 0. The summed E-state index contributed by atoms with van der Waals surface area (Å²) in [5.74, 6) is 0.210. The van der Waals surface area contributed by atoms with Crippen LogP contribution in [-0.4, -0.2) is 26.0 Å². The summed E-state index contributed by atoms with van der Waals surface area (Å²) in [6.07, 6.45) is 0. The van der Waals surface area contributed by atoms with Crippen LogP contribution in [0.25, 0.3) is 0 Å². The normalized spacial score (nSPS) is 29.2. The third-order valence-corrected chi connectivity index (χ3v) is 4.93. The van der Waals surface area contributed by atoms with Crippen LogP contribution in [0.15, 0.2) is 28.7 Å². The average molecular weight is 290 g/mol. The quantitative estimate of drug-likeness (QED) is 0.847. The van der Waals surface area contributed by atoms with Gasteiger partial charge in [0.05, 0.1) is 11.5 Å². The molecule has 0 aromatic heterocycles. The van der Waals surface area contributed by atoms with Crippen molar-refractivity contribution >= 4 is 25.8 Å². The minimum atomic E-state index is -2.95. The molecule has 15 heavy (non-hydrogen) atoms. The van der Waals surface area contributed by atoms with Crippen LogP contribution < -0.4 is 5.73 Å². The van der Waals surface area contributed by atoms with E-state index in [4.69, 9.17) is 5.73 Å². The Bertz CT molecular complexity index is 472. The van der Waals surface area contributed by atoms with Crippen molar-refractivity contribution in [2.75, 3.05) is 11.5 Å². The van der Waals surface area contributed by atoms with Gasteiger partial charge in [0.1, 0.15) is 0 Å². The van der Waals surface area contributed by atoms with Gasteiger partial charge in [-0.25, -0.2) is 8.42 Å². The van der Waals surface area contributed by atoms with E-state index < -0.39 is 9.84 Å². The second kappa shape index (κ2) is 3.88. The Labute approximate surface area is 97.7 Å². The van der Waals surface area contributed by atoms with Gasteiger partial charge >= 0.3 is 0 Å². The van der Waals surface area contributed by atoms with Crippen LogP contribution >= 0.6 is 15.9 Å². The molecule has 2 atom stereocenters. The van der Waals surface area contributed by atoms with Crippen molar-refractivity contribution in [3.8, 4) is 0 Å². The van der Waals surface area contributed by atoms with Gasteiger partial charge in [0.2, 0.25) is 0 Å². The molecule has 1 heterocycles. The minimum absolute atomic E-state index is 0.0625. The number of nitrogens with two attached hydrogens (primary N) is 1. The van der Waals surface area contributed by atoms with Gasteiger partial charge in [-0.3, -0.25) is 0 Å². The second-order valence-electron chi connectivity index (χ2n) is 3.90. The van der Waals surface area contributed by atoms with Crippen LogP contribution in [0.5, 0.6) is 0 Å². The third-order valence-electron chi connectivity index (χ3n) is 2.67. The van der Waals surface area contributed by atoms with Crippen LogP contribution in [0, 0.1) is 0 Å². The van der Waals surface area contributed by atoms with Gasteiger partial charge in [-0.1, -0.05) is 28.1 Å². The number of halogens is 1. The van der Waals surface area contributed by atoms with Crippen molar-refractivity contribution in [2.45, 2.75) is 12.0 Å². The SMILES string of the molecule is NC1CS(=O)(=O)CC1c1cccc(Br)c1. The molecule has 0 saturated carbocycles. The molecule has 2 unspecified atom stereocenters. The summed E-state index contributed by atoms with van der Waals surface area (Å²) >= 11 is 3.37. The fourth-order valence-corrected chi connectivity index (χ4v) is 4.31. The van der Waals surface area contributed by atoms with Crippen molar-refractivity contribution in [3.63, 3.8) is 0 Å². The molecule has 1 aliphatic rings. The summed E-state index contributed by atoms with van der Waals surface area (Å²) in [5.41, 5.74) is 6.84. The Balaban J connectivity index is 2.33. The molecular formula is C10H12BrNO2S. The summed E-state index contributed by atoms with van der Waals surface area (Å²) in [4.78, 5) is 0. The standard InChI is InChI=1S/C10H12BrNO2S/c11-8-3-1-2-7(4-8)9-5-15(13,14)6-10(9)12/h1-4,9-10H,5-6,12H2. The van der Waals surface area contributed by atoms with Crippen molar-refractivity contribution in [2.24, 2.45) is 5.73 Å². The van der Waals surface area contributed by atoms with E-state index in [9.17, 15) is 8.42 Å². The number of rotatable bonds is 1. The molecule has 0 spiro atoms. The zero-order valence-electron chi connectivity index (χ0n) is 8.06. The van der Waals surface area contributed by atoms with E-state index >= 15 is 0 Å². The minimum Gasteiger partial charge on any atom is -0.326 e. The van der Waals surface area contributed by atoms with E-state index in [1.165, 1.54) is 0 Å². The maximum Gasteiger partial charge on any atom is 0.152 e. The van der Waals surface area contributed by atoms with E-state index in [-0.39, 0.29) is 23.5 Å². The molecule has 0 radical (unpaired) electrons. The Morgan fingerprint density at radius 2 is 2.07 bits per heavy atom. The maximum atomic E-state index is 11.4. The Kier molecular flexibility index (Phi) is 2.87. The van der Waals surface area contributed by atoms with Crippen molar-refractivity contribution in [1.82, 2.24) is 0 Å². The molecule has 0 aliphatic carbocycles. The highest BCUT2D eigenvalue weighted by Gasteiger charge is 2.36. The van der Waals surface area contributed by atoms with Gasteiger partial charge in [-0.15, -0.1) is 0 Å². The summed E-state index contributed by atoms with van der Waals surface area (Å²) in [7, 11) is -2.95. The topological polar surface area (TPSA) is 60.2 Å². The molecule has 0 bridgehead atoms. The molecule has 5 heteroatoms. The summed E-state index contributed by atoms with van der Waals surface area (Å²) in [5, 5.41) is 0. The second-order valence-corrected chi connectivity index (χ2v) is 6.97. The van der Waals surface area contributed by atoms with E-state index in [0.29, 0.717) is 0 Å². The number of hydrogen-bond donors (Lipinski definition) is 1. The zero-order chi connectivity index (χ0) is 11.1. The molecule has 2 rings (SSSR count). The van der Waals surface area contributed by atoms with Crippen LogP contribution in [-0.2, 0) is 9.84 Å². The molecule has 1 aromatic carbocycles. The maximum absolute atomic E-state index is 11.4. The lowest BCUT2D eigenvalue weighted by molar-refractivity contribution is 0.601. The van der Waals surface area contributed by atoms with Gasteiger partial charge < -0.3 is 5.73 Å². The molecule has 1 aromatic rings. The zero-order valence-corrected chi connectivity index (χ0v) is 10.5. The number of sulfone groups is 1. The average Bonchev–Trinajstić information content (AvgIpc) is 2.40. The first-order chi connectivity index (χ1) is 6.98. The van der Waals surface area contributed by atoms with Gasteiger partial charge in [0.25, 0.3) is 0 Å². The Morgan fingerprint density at radius 3 is 2.60 bits per heavy atom. The third kappa shape index (κ3) is 2.41. The van der Waals surface area contributed by atoms with Crippen LogP contribution in [0.1, 0.15) is 11.5 Å². The highest BCUT2D eigenvalue weighted by atomic mass is 79.9. The lowest BCUT2D eigenvalue weighted by Crippen LogP contribution is -2.27. The number of hydrogen-bond acceptors (Lipinski definition) is 3. The lowest BCUT2D eigenvalue weighted by Gasteiger charge is -2.13. The molecule has 1 saturated heterocycles. The molecule has 1 aliphatic heterocycles. The van der Waals surface area contributed by atoms with E-state index in [1.54, 1.807) is 0 Å². The summed E-state index contributed by atoms with van der Waals surface area (Å²) in [6, 6.07) is 7.40. The molecule has 2 N–H and O–H groups in total. The molecular weight excluding hydrogens is 278 g/mol. The van der Waals surface area contributed by atoms with E-state index in [1.807, 2.05) is 24.3 Å². The smallest absolute Gasteiger partial charge is 0.152 e. The van der Waals surface area contributed by atoms with E-state index in [2.05, 4.69) is 15.9 Å². The fourth-order valence-electron chi connectivity index (χ4n) is 1.96. The first-order valence-electron chi connectivity index (χ1n) is 4.69. The van der Waals surface area contributed by atoms with E-state index in [0.717, 1.165) is 10.0 Å². The molecule has 1 fully saturated rings. The molecule has 82 valence electrons. The highest BCUT2D eigenvalue weighted by molar-refractivity contribution is 9.10. The predicted octanol–water partition coefficient (Wildman–Crippen LogP) is 1.29. The largest absolute Gasteiger partial charge is 0.326 e. The Hall–Kier alpha value is -0.390. The molecule has 0 amide bonds. The predicted molar refractivity (Wildman–Crippen MR) is 63.5 cm³/mol. The summed E-state index contributed by atoms with van der Waals surface area (Å²) < 4.78 is 23.8. The lowest BCUT2D eigenvalue weighted by atomic mass is 9.95. The Morgan fingerprint density at radius 1 is 1.33 bits per heavy atom. The van der Waals surface area contributed by atoms with Crippen molar-refractivity contribution in [1.29, 1.82) is 0 Å². The molecule has 3 nitrogen and oxygen atoms in total. The number of benzene rings is 1.